The van der Waals surface area contributed by atoms with Gasteiger partial charge in [-0.05, 0) is 6.72 Å². The van der Waals surface area contributed by atoms with Gasteiger partial charge in [0.25, 0.3) is 0 Å². The van der Waals surface area contributed by atoms with E-state index in [-0.39, 0.29) is 19.6 Å². The Kier molecular flexibility index (Phi) is 9.31. The molecule has 0 unspecified atom stereocenters. The summed E-state index contributed by atoms with van der Waals surface area (Å²) >= 11 is 0. The number of rotatable bonds is 10. The van der Waals surface area contributed by atoms with E-state index in [1.54, 1.807) is 0 Å². The summed E-state index contributed by atoms with van der Waals surface area (Å²) in [6.07, 6.45) is 0. The first-order valence-corrected chi connectivity index (χ1v) is 6.06. The Bertz CT molecular complexity index is 464. The quantitative estimate of drug-likeness (QED) is 0.259. The summed E-state index contributed by atoms with van der Waals surface area (Å²) in [5, 5.41) is 17.0. The Labute approximate surface area is 125 Å². The molecule has 0 aliphatic rings. The molecule has 0 saturated carbocycles. The van der Waals surface area contributed by atoms with E-state index < -0.39 is 42.7 Å². The molecule has 0 bridgehead atoms. The predicted octanol–water partition coefficient (Wildman–Crippen LogP) is -3.76. The first-order chi connectivity index (χ1) is 10.3. The summed E-state index contributed by atoms with van der Waals surface area (Å²) in [6.45, 7) is 1.28. The van der Waals surface area contributed by atoms with E-state index >= 15 is 0 Å². The van der Waals surface area contributed by atoms with Crippen LogP contribution in [0.15, 0.2) is 4.99 Å². The Morgan fingerprint density at radius 2 is 1.09 bits per heavy atom. The van der Waals surface area contributed by atoms with Gasteiger partial charge in [-0.1, -0.05) is 0 Å². The molecular weight excluding hydrogens is 298 g/mol. The summed E-state index contributed by atoms with van der Waals surface area (Å²) in [4.78, 5) is 58.1. The Morgan fingerprint density at radius 1 is 0.727 bits per heavy atom. The maximum absolute atomic E-state index is 11.3. The van der Waals surface area contributed by atoms with E-state index in [0.29, 0.717) is 0 Å². The monoisotopic (exact) mass is 315 g/mol. The van der Waals surface area contributed by atoms with E-state index in [1.165, 1.54) is 0 Å². The summed E-state index contributed by atoms with van der Waals surface area (Å²) in [7, 11) is 0. The number of hydrogen-bond donors (Lipinski definition) is 5. The molecule has 11 heteroatoms. The van der Waals surface area contributed by atoms with Crippen molar-refractivity contribution in [3.8, 4) is 0 Å². The molecule has 0 aliphatic heterocycles. The lowest BCUT2D eigenvalue weighted by Gasteiger charge is -2.07. The van der Waals surface area contributed by atoms with Crippen molar-refractivity contribution in [1.82, 2.24) is 21.3 Å². The van der Waals surface area contributed by atoms with E-state index in [9.17, 15) is 24.0 Å². The molecule has 22 heavy (non-hydrogen) atoms. The van der Waals surface area contributed by atoms with Gasteiger partial charge in [0.2, 0.25) is 23.6 Å². The number of amides is 4. The van der Waals surface area contributed by atoms with E-state index in [2.05, 4.69) is 27.7 Å². The maximum atomic E-state index is 11.3. The third kappa shape index (κ3) is 10.9. The van der Waals surface area contributed by atoms with Crippen molar-refractivity contribution in [2.24, 2.45) is 4.99 Å². The van der Waals surface area contributed by atoms with Gasteiger partial charge in [-0.2, -0.15) is 0 Å². The van der Waals surface area contributed by atoms with Gasteiger partial charge < -0.3 is 26.4 Å². The first-order valence-electron chi connectivity index (χ1n) is 6.06. The third-order valence-electron chi connectivity index (χ3n) is 2.03. The molecule has 0 radical (unpaired) electrons. The molecule has 0 rings (SSSR count). The summed E-state index contributed by atoms with van der Waals surface area (Å²) in [6, 6.07) is 0. The zero-order valence-corrected chi connectivity index (χ0v) is 11.7. The van der Waals surface area contributed by atoms with Gasteiger partial charge in [-0.15, -0.1) is 0 Å². The molecule has 0 aromatic heterocycles. The SMILES string of the molecule is C=NCC(=O)NCC(=O)NCC(=O)NCC(=O)NCC(=O)O. The van der Waals surface area contributed by atoms with E-state index in [4.69, 9.17) is 5.11 Å². The molecule has 0 spiro atoms. The molecule has 5 N–H and O–H groups in total. The topological polar surface area (TPSA) is 166 Å². The molecule has 0 aromatic rings. The van der Waals surface area contributed by atoms with Crippen LogP contribution in [0.1, 0.15) is 0 Å². The fourth-order valence-corrected chi connectivity index (χ4v) is 1.06. The first kappa shape index (κ1) is 19.0. The van der Waals surface area contributed by atoms with Crippen molar-refractivity contribution < 1.29 is 29.1 Å². The summed E-state index contributed by atoms with van der Waals surface area (Å²) < 4.78 is 0. The lowest BCUT2D eigenvalue weighted by Crippen LogP contribution is -2.45. The van der Waals surface area contributed by atoms with Crippen LogP contribution in [-0.2, 0) is 24.0 Å². The number of carbonyl (C=O) groups excluding carboxylic acids is 4. The molecule has 0 atom stereocenters. The predicted molar refractivity (Wildman–Crippen MR) is 74.1 cm³/mol. The smallest absolute Gasteiger partial charge is 0.322 e. The van der Waals surface area contributed by atoms with Gasteiger partial charge in [0.15, 0.2) is 0 Å². The van der Waals surface area contributed by atoms with Crippen LogP contribution in [0, 0.1) is 0 Å². The minimum atomic E-state index is -1.21. The molecule has 0 aromatic carbocycles. The van der Waals surface area contributed by atoms with Gasteiger partial charge in [0.05, 0.1) is 19.6 Å². The van der Waals surface area contributed by atoms with Crippen LogP contribution in [0.5, 0.6) is 0 Å². The highest BCUT2D eigenvalue weighted by molar-refractivity contribution is 5.90. The maximum Gasteiger partial charge on any atom is 0.322 e. The van der Waals surface area contributed by atoms with Crippen LogP contribution >= 0.6 is 0 Å². The zero-order valence-electron chi connectivity index (χ0n) is 11.7. The standard InChI is InChI=1S/C11H17N5O6/c1-12-2-7(17)13-3-8(18)14-4-9(19)15-5-10(20)16-6-11(21)22/h1-6H2,(H,13,17)(H,14,18)(H,15,19)(H,16,20)(H,21,22). The minimum absolute atomic E-state index is 0.167. The lowest BCUT2D eigenvalue weighted by atomic mass is 10.4. The number of carboxylic acids is 1. The van der Waals surface area contributed by atoms with Gasteiger partial charge >= 0.3 is 5.97 Å². The Morgan fingerprint density at radius 3 is 1.45 bits per heavy atom. The van der Waals surface area contributed by atoms with Gasteiger partial charge in [-0.25, -0.2) is 0 Å². The largest absolute Gasteiger partial charge is 0.480 e. The molecule has 0 heterocycles. The van der Waals surface area contributed by atoms with Crippen LogP contribution in [0.3, 0.4) is 0 Å². The van der Waals surface area contributed by atoms with E-state index in [0.717, 1.165) is 0 Å². The lowest BCUT2D eigenvalue weighted by molar-refractivity contribution is -0.137. The van der Waals surface area contributed by atoms with Crippen molar-refractivity contribution in [2.45, 2.75) is 0 Å². The molecule has 11 nitrogen and oxygen atoms in total. The van der Waals surface area contributed by atoms with Crippen LogP contribution in [0.4, 0.5) is 0 Å². The van der Waals surface area contributed by atoms with E-state index in [1.807, 2.05) is 5.32 Å². The number of aliphatic carboxylic acids is 1. The molecular formula is C11H17N5O6. The Balaban J connectivity index is 3.77. The highest BCUT2D eigenvalue weighted by Gasteiger charge is 2.09. The highest BCUT2D eigenvalue weighted by atomic mass is 16.4. The average molecular weight is 315 g/mol. The van der Waals surface area contributed by atoms with Gasteiger partial charge in [0.1, 0.15) is 13.1 Å². The second-order valence-corrected chi connectivity index (χ2v) is 3.88. The van der Waals surface area contributed by atoms with Crippen molar-refractivity contribution in [1.29, 1.82) is 0 Å². The fourth-order valence-electron chi connectivity index (χ4n) is 1.06. The van der Waals surface area contributed by atoms with Gasteiger partial charge in [0, 0.05) is 0 Å². The Hall–Kier alpha value is -2.98. The average Bonchev–Trinajstić information content (AvgIpc) is 2.46. The number of hydrogen-bond acceptors (Lipinski definition) is 6. The highest BCUT2D eigenvalue weighted by Crippen LogP contribution is 1.72. The number of aliphatic imine (C=N–C) groups is 1. The van der Waals surface area contributed by atoms with Crippen molar-refractivity contribution in [3.05, 3.63) is 0 Å². The molecule has 0 aliphatic carbocycles. The number of nitrogens with one attached hydrogen (secondary N) is 4. The van der Waals surface area contributed by atoms with Crippen LogP contribution in [0.25, 0.3) is 0 Å². The van der Waals surface area contributed by atoms with Crippen LogP contribution < -0.4 is 21.3 Å². The minimum Gasteiger partial charge on any atom is -0.480 e. The van der Waals surface area contributed by atoms with Crippen molar-refractivity contribution >= 4 is 36.3 Å². The van der Waals surface area contributed by atoms with Crippen molar-refractivity contribution in [3.63, 3.8) is 0 Å². The van der Waals surface area contributed by atoms with Crippen LogP contribution in [0.2, 0.25) is 0 Å². The number of carboxylic acid groups (broad SMARTS) is 1. The molecule has 0 fully saturated rings. The third-order valence-corrected chi connectivity index (χ3v) is 2.03. The zero-order chi connectivity index (χ0) is 17.0. The number of nitrogens with zero attached hydrogens (tertiary/aromatic N) is 1. The second kappa shape index (κ2) is 10.8. The molecule has 0 saturated heterocycles. The summed E-state index contributed by atoms with van der Waals surface area (Å²) in [5.41, 5.74) is 0. The van der Waals surface area contributed by atoms with Crippen LogP contribution in [-0.4, -0.2) is 74.1 Å². The van der Waals surface area contributed by atoms with Gasteiger partial charge in [-0.3, -0.25) is 29.0 Å². The fraction of sp³-hybridized carbons (Fsp3) is 0.455. The molecule has 122 valence electrons. The van der Waals surface area contributed by atoms with Crippen molar-refractivity contribution in [2.75, 3.05) is 32.7 Å². The molecule has 4 amide bonds. The number of carbonyl (C=O) groups is 5. The summed E-state index contributed by atoms with van der Waals surface area (Å²) in [5.74, 6) is -3.60. The second-order valence-electron chi connectivity index (χ2n) is 3.88. The normalized spacial score (nSPS) is 9.27.